The van der Waals surface area contributed by atoms with Crippen molar-refractivity contribution in [1.82, 2.24) is 4.98 Å². The van der Waals surface area contributed by atoms with Crippen LogP contribution in [0.4, 0.5) is 0 Å². The third kappa shape index (κ3) is 8.97. The Balaban J connectivity index is 2.37. The molecule has 0 bridgehead atoms. The van der Waals surface area contributed by atoms with Gasteiger partial charge in [-0.2, -0.15) is 0 Å². The first kappa shape index (κ1) is 22.1. The highest BCUT2D eigenvalue weighted by molar-refractivity contribution is 5.91. The zero-order chi connectivity index (χ0) is 19.2. The van der Waals surface area contributed by atoms with Crippen molar-refractivity contribution in [2.75, 3.05) is 6.61 Å². The molecule has 1 atom stereocenters. The van der Waals surface area contributed by atoms with E-state index in [2.05, 4.69) is 11.9 Å². The number of rotatable bonds is 13. The minimum absolute atomic E-state index is 0.137. The van der Waals surface area contributed by atoms with Crippen molar-refractivity contribution in [2.45, 2.75) is 84.7 Å². The first-order chi connectivity index (χ1) is 12.6. The molecule has 146 valence electrons. The molecular formula is C21H33NO4. The van der Waals surface area contributed by atoms with Crippen LogP contribution in [0, 0.1) is 0 Å². The third-order valence-corrected chi connectivity index (χ3v) is 4.15. The van der Waals surface area contributed by atoms with Gasteiger partial charge >= 0.3 is 11.9 Å². The Morgan fingerprint density at radius 1 is 0.923 bits per heavy atom. The fraction of sp³-hybridized carbons (Fsp3) is 0.667. The van der Waals surface area contributed by atoms with Crippen molar-refractivity contribution in [3.8, 4) is 0 Å². The normalized spacial score (nSPS) is 11.8. The average Bonchev–Trinajstić information content (AvgIpc) is 2.64. The Labute approximate surface area is 157 Å². The van der Waals surface area contributed by atoms with Crippen LogP contribution < -0.4 is 0 Å². The maximum atomic E-state index is 12.1. The Kier molecular flexibility index (Phi) is 11.3. The molecule has 0 N–H and O–H groups in total. The lowest BCUT2D eigenvalue weighted by atomic mass is 10.1. The fourth-order valence-electron chi connectivity index (χ4n) is 2.67. The third-order valence-electron chi connectivity index (χ3n) is 4.15. The Hall–Kier alpha value is -1.91. The summed E-state index contributed by atoms with van der Waals surface area (Å²) in [6.45, 7) is 6.47. The van der Waals surface area contributed by atoms with Crippen molar-refractivity contribution in [3.05, 3.63) is 29.6 Å². The van der Waals surface area contributed by atoms with Gasteiger partial charge in [0.25, 0.3) is 0 Å². The van der Waals surface area contributed by atoms with Crippen LogP contribution in [0.3, 0.4) is 0 Å². The van der Waals surface area contributed by atoms with Gasteiger partial charge < -0.3 is 9.47 Å². The van der Waals surface area contributed by atoms with Gasteiger partial charge in [0.15, 0.2) is 0 Å². The van der Waals surface area contributed by atoms with Gasteiger partial charge in [0.1, 0.15) is 11.4 Å². The molecule has 1 unspecified atom stereocenters. The summed E-state index contributed by atoms with van der Waals surface area (Å²) in [6, 6.07) is 4.73. The molecule has 5 heteroatoms. The lowest BCUT2D eigenvalue weighted by Gasteiger charge is -2.12. The number of ether oxygens (including phenoxy) is 2. The van der Waals surface area contributed by atoms with Crippen LogP contribution in [0.5, 0.6) is 0 Å². The average molecular weight is 363 g/mol. The molecule has 0 aliphatic carbocycles. The second kappa shape index (κ2) is 13.3. The van der Waals surface area contributed by atoms with E-state index in [1.54, 1.807) is 18.2 Å². The number of nitrogens with zero attached hydrogens (tertiary/aromatic N) is 1. The van der Waals surface area contributed by atoms with Crippen LogP contribution in [-0.4, -0.2) is 29.6 Å². The van der Waals surface area contributed by atoms with Crippen molar-refractivity contribution in [1.29, 1.82) is 0 Å². The highest BCUT2D eigenvalue weighted by Gasteiger charge is 2.16. The molecule has 0 amide bonds. The molecule has 5 nitrogen and oxygen atoms in total. The predicted octanol–water partition coefficient (Wildman–Crippen LogP) is 5.33. The summed E-state index contributed by atoms with van der Waals surface area (Å²) in [4.78, 5) is 28.2. The van der Waals surface area contributed by atoms with Gasteiger partial charge in [-0.25, -0.2) is 14.6 Å². The lowest BCUT2D eigenvalue weighted by Crippen LogP contribution is -2.17. The van der Waals surface area contributed by atoms with Crippen LogP contribution in [-0.2, 0) is 9.47 Å². The van der Waals surface area contributed by atoms with E-state index in [-0.39, 0.29) is 17.5 Å². The Bertz CT molecular complexity index is 545. The van der Waals surface area contributed by atoms with E-state index >= 15 is 0 Å². The molecule has 0 saturated carbocycles. The topological polar surface area (TPSA) is 65.5 Å². The molecule has 1 rings (SSSR count). The Morgan fingerprint density at radius 2 is 1.54 bits per heavy atom. The van der Waals surface area contributed by atoms with Gasteiger partial charge in [0, 0.05) is 0 Å². The summed E-state index contributed by atoms with van der Waals surface area (Å²) < 4.78 is 10.6. The van der Waals surface area contributed by atoms with Crippen molar-refractivity contribution >= 4 is 11.9 Å². The molecule has 0 aliphatic heterocycles. The molecule has 0 spiro atoms. The summed E-state index contributed by atoms with van der Waals surface area (Å²) in [5.74, 6) is -1.00. The largest absolute Gasteiger partial charge is 0.461 e. The number of aromatic nitrogens is 1. The highest BCUT2D eigenvalue weighted by Crippen LogP contribution is 2.09. The fourth-order valence-corrected chi connectivity index (χ4v) is 2.67. The molecule has 0 aromatic carbocycles. The van der Waals surface area contributed by atoms with Crippen molar-refractivity contribution in [3.63, 3.8) is 0 Å². The molecule has 0 saturated heterocycles. The van der Waals surface area contributed by atoms with Gasteiger partial charge in [0.2, 0.25) is 0 Å². The van der Waals surface area contributed by atoms with Gasteiger partial charge in [-0.05, 0) is 31.9 Å². The number of carbonyl (C=O) groups is 2. The van der Waals surface area contributed by atoms with E-state index in [1.807, 2.05) is 13.8 Å². The second-order valence-electron chi connectivity index (χ2n) is 6.67. The zero-order valence-corrected chi connectivity index (χ0v) is 16.5. The smallest absolute Gasteiger partial charge is 0.357 e. The second-order valence-corrected chi connectivity index (χ2v) is 6.67. The summed E-state index contributed by atoms with van der Waals surface area (Å²) in [5.41, 5.74) is 0.281. The number of unbranched alkanes of at least 4 members (excludes halogenated alkanes) is 6. The SMILES string of the molecule is CCCCCCCCCOC(=O)c1cccc(C(=O)OC(C)CCC)n1. The van der Waals surface area contributed by atoms with E-state index in [0.717, 1.165) is 25.7 Å². The highest BCUT2D eigenvalue weighted by atomic mass is 16.5. The van der Waals surface area contributed by atoms with Crippen LogP contribution >= 0.6 is 0 Å². The molecule has 0 fully saturated rings. The maximum Gasteiger partial charge on any atom is 0.357 e. The van der Waals surface area contributed by atoms with Gasteiger partial charge in [0.05, 0.1) is 12.7 Å². The van der Waals surface area contributed by atoms with Crippen LogP contribution in [0.1, 0.15) is 99.5 Å². The number of hydrogen-bond acceptors (Lipinski definition) is 5. The van der Waals surface area contributed by atoms with E-state index in [0.29, 0.717) is 6.61 Å². The number of carbonyl (C=O) groups excluding carboxylic acids is 2. The van der Waals surface area contributed by atoms with Crippen molar-refractivity contribution in [2.24, 2.45) is 0 Å². The number of pyridine rings is 1. The van der Waals surface area contributed by atoms with E-state index < -0.39 is 11.9 Å². The molecule has 26 heavy (non-hydrogen) atoms. The monoisotopic (exact) mass is 363 g/mol. The van der Waals surface area contributed by atoms with Gasteiger partial charge in [-0.1, -0.05) is 64.9 Å². The first-order valence-corrected chi connectivity index (χ1v) is 9.93. The minimum Gasteiger partial charge on any atom is -0.461 e. The van der Waals surface area contributed by atoms with E-state index in [4.69, 9.17) is 9.47 Å². The standard InChI is InChI=1S/C21H33NO4/c1-4-6-7-8-9-10-11-16-25-20(23)18-14-12-15-19(22-18)21(24)26-17(3)13-5-2/h12,14-15,17H,4-11,13,16H2,1-3H3. The quantitative estimate of drug-likeness (QED) is 0.350. The first-order valence-electron chi connectivity index (χ1n) is 9.93. The van der Waals surface area contributed by atoms with Crippen LogP contribution in [0.25, 0.3) is 0 Å². The van der Waals surface area contributed by atoms with E-state index in [9.17, 15) is 9.59 Å². The Morgan fingerprint density at radius 3 is 2.19 bits per heavy atom. The van der Waals surface area contributed by atoms with Gasteiger partial charge in [-0.3, -0.25) is 0 Å². The summed E-state index contributed by atoms with van der Waals surface area (Å²) in [5, 5.41) is 0. The van der Waals surface area contributed by atoms with Crippen LogP contribution in [0.2, 0.25) is 0 Å². The summed E-state index contributed by atoms with van der Waals surface area (Å²) in [7, 11) is 0. The molecular weight excluding hydrogens is 330 g/mol. The summed E-state index contributed by atoms with van der Waals surface area (Å²) in [6.07, 6.45) is 9.71. The lowest BCUT2D eigenvalue weighted by molar-refractivity contribution is 0.0316. The van der Waals surface area contributed by atoms with Crippen molar-refractivity contribution < 1.29 is 19.1 Å². The van der Waals surface area contributed by atoms with Gasteiger partial charge in [-0.15, -0.1) is 0 Å². The summed E-state index contributed by atoms with van der Waals surface area (Å²) >= 11 is 0. The minimum atomic E-state index is -0.507. The number of esters is 2. The maximum absolute atomic E-state index is 12.1. The zero-order valence-electron chi connectivity index (χ0n) is 16.5. The van der Waals surface area contributed by atoms with E-state index in [1.165, 1.54) is 32.1 Å². The number of hydrogen-bond donors (Lipinski definition) is 0. The molecule has 0 aliphatic rings. The molecule has 1 heterocycles. The van der Waals surface area contributed by atoms with Crippen LogP contribution in [0.15, 0.2) is 18.2 Å². The molecule has 0 radical (unpaired) electrons. The molecule has 1 aromatic rings. The molecule has 1 aromatic heterocycles. The predicted molar refractivity (Wildman–Crippen MR) is 102 cm³/mol.